The average molecular weight is 303 g/mol. The van der Waals surface area contributed by atoms with Crippen LogP contribution < -0.4 is 9.47 Å². The van der Waals surface area contributed by atoms with Crippen molar-refractivity contribution in [2.45, 2.75) is 33.0 Å². The van der Waals surface area contributed by atoms with E-state index in [0.29, 0.717) is 0 Å². The molecule has 1 heterocycles. The van der Waals surface area contributed by atoms with Gasteiger partial charge in [-0.05, 0) is 27.0 Å². The van der Waals surface area contributed by atoms with Crippen LogP contribution >= 0.6 is 0 Å². The van der Waals surface area contributed by atoms with Crippen molar-refractivity contribution in [3.8, 4) is 11.5 Å². The Morgan fingerprint density at radius 2 is 2.05 bits per heavy atom. The van der Waals surface area contributed by atoms with Crippen LogP contribution in [0.2, 0.25) is 0 Å². The summed E-state index contributed by atoms with van der Waals surface area (Å²) in [5, 5.41) is 0. The summed E-state index contributed by atoms with van der Waals surface area (Å²) in [7, 11) is 5.47. The van der Waals surface area contributed by atoms with Gasteiger partial charge in [0.15, 0.2) is 0 Å². The largest absolute Gasteiger partial charge is 0.497 e. The molecule has 0 amide bonds. The van der Waals surface area contributed by atoms with Crippen molar-refractivity contribution in [2.24, 2.45) is 0 Å². The zero-order valence-electron chi connectivity index (χ0n) is 14.0. The summed E-state index contributed by atoms with van der Waals surface area (Å²) in [6, 6.07) is 6.19. The topological polar surface area (TPSA) is 39.5 Å². The number of ether oxygens (including phenoxy) is 2. The fourth-order valence-corrected chi connectivity index (χ4v) is 2.56. The lowest BCUT2D eigenvalue weighted by Gasteiger charge is -2.26. The van der Waals surface area contributed by atoms with E-state index in [9.17, 15) is 0 Å². The normalized spacial score (nSPS) is 12.5. The lowest BCUT2D eigenvalue weighted by Crippen LogP contribution is -2.23. The predicted octanol–water partition coefficient (Wildman–Crippen LogP) is 3.11. The molecule has 1 atom stereocenters. The van der Waals surface area contributed by atoms with Crippen molar-refractivity contribution in [3.05, 3.63) is 42.0 Å². The molecule has 0 aliphatic carbocycles. The van der Waals surface area contributed by atoms with Crippen molar-refractivity contribution < 1.29 is 9.47 Å². The standard InChI is InChI=1S/C17H25N3O2/c1-6-20-12-18-10-14(20)11-19(3)13(2)16-8-7-15(21-4)9-17(16)22-5/h7-10,12-13H,6,11H2,1-5H3/t13-/m1/s1. The minimum absolute atomic E-state index is 0.223. The number of methoxy groups -OCH3 is 2. The molecule has 1 aromatic heterocycles. The van der Waals surface area contributed by atoms with E-state index < -0.39 is 0 Å². The third-order valence-electron chi connectivity index (χ3n) is 4.10. The van der Waals surface area contributed by atoms with Crippen molar-refractivity contribution in [1.82, 2.24) is 14.5 Å². The Morgan fingerprint density at radius 1 is 1.27 bits per heavy atom. The highest BCUT2D eigenvalue weighted by Gasteiger charge is 2.18. The third kappa shape index (κ3) is 3.42. The van der Waals surface area contributed by atoms with E-state index >= 15 is 0 Å². The molecule has 0 N–H and O–H groups in total. The Morgan fingerprint density at radius 3 is 2.68 bits per heavy atom. The van der Waals surface area contributed by atoms with E-state index in [2.05, 4.69) is 41.4 Å². The first-order valence-corrected chi connectivity index (χ1v) is 7.51. The maximum atomic E-state index is 5.52. The quantitative estimate of drug-likeness (QED) is 0.788. The summed E-state index contributed by atoms with van der Waals surface area (Å²) < 4.78 is 12.9. The zero-order valence-corrected chi connectivity index (χ0v) is 14.0. The number of aryl methyl sites for hydroxylation is 1. The van der Waals surface area contributed by atoms with Crippen molar-refractivity contribution >= 4 is 0 Å². The fraction of sp³-hybridized carbons (Fsp3) is 0.471. The van der Waals surface area contributed by atoms with Gasteiger partial charge in [0.2, 0.25) is 0 Å². The van der Waals surface area contributed by atoms with Gasteiger partial charge in [-0.15, -0.1) is 0 Å². The van der Waals surface area contributed by atoms with E-state index in [-0.39, 0.29) is 6.04 Å². The second-order valence-electron chi connectivity index (χ2n) is 5.37. The van der Waals surface area contributed by atoms with Crippen LogP contribution in [0.15, 0.2) is 30.7 Å². The molecule has 0 radical (unpaired) electrons. The van der Waals surface area contributed by atoms with E-state index in [4.69, 9.17) is 9.47 Å². The Kier molecular flexibility index (Phi) is 5.44. The number of hydrogen-bond donors (Lipinski definition) is 0. The number of imidazole rings is 1. The van der Waals surface area contributed by atoms with Gasteiger partial charge in [0.25, 0.3) is 0 Å². The van der Waals surface area contributed by atoms with Gasteiger partial charge in [-0.25, -0.2) is 4.98 Å². The summed E-state index contributed by atoms with van der Waals surface area (Å²) in [6.07, 6.45) is 3.81. The van der Waals surface area contributed by atoms with Crippen molar-refractivity contribution in [3.63, 3.8) is 0 Å². The monoisotopic (exact) mass is 303 g/mol. The van der Waals surface area contributed by atoms with E-state index in [1.54, 1.807) is 14.2 Å². The minimum atomic E-state index is 0.223. The first-order chi connectivity index (χ1) is 10.6. The minimum Gasteiger partial charge on any atom is -0.497 e. The Hall–Kier alpha value is -2.01. The van der Waals surface area contributed by atoms with Gasteiger partial charge in [-0.3, -0.25) is 4.90 Å². The molecule has 0 saturated heterocycles. The summed E-state index contributed by atoms with van der Waals surface area (Å²) in [5.74, 6) is 1.65. The summed E-state index contributed by atoms with van der Waals surface area (Å²) in [4.78, 5) is 6.51. The first-order valence-electron chi connectivity index (χ1n) is 7.51. The molecule has 0 saturated carbocycles. The maximum absolute atomic E-state index is 5.52. The van der Waals surface area contributed by atoms with Crippen LogP contribution in [0.25, 0.3) is 0 Å². The molecule has 2 aromatic rings. The highest BCUT2D eigenvalue weighted by atomic mass is 16.5. The van der Waals surface area contributed by atoms with Gasteiger partial charge in [-0.1, -0.05) is 6.07 Å². The van der Waals surface area contributed by atoms with Gasteiger partial charge in [-0.2, -0.15) is 0 Å². The van der Waals surface area contributed by atoms with Gasteiger partial charge in [0.05, 0.1) is 26.2 Å². The molecule has 0 spiro atoms. The number of benzene rings is 1. The molecule has 0 unspecified atom stereocenters. The van der Waals surface area contributed by atoms with Crippen LogP contribution in [0, 0.1) is 0 Å². The molecule has 0 bridgehead atoms. The predicted molar refractivity (Wildman–Crippen MR) is 87.3 cm³/mol. The second-order valence-corrected chi connectivity index (χ2v) is 5.37. The highest BCUT2D eigenvalue weighted by molar-refractivity contribution is 5.42. The van der Waals surface area contributed by atoms with Crippen LogP contribution in [0.5, 0.6) is 11.5 Å². The molecule has 2 rings (SSSR count). The SMILES string of the molecule is CCn1cncc1CN(C)[C@H](C)c1ccc(OC)cc1OC. The maximum Gasteiger partial charge on any atom is 0.127 e. The summed E-state index contributed by atoms with van der Waals surface area (Å²) in [6.45, 7) is 6.08. The van der Waals surface area contributed by atoms with E-state index in [0.717, 1.165) is 30.2 Å². The zero-order chi connectivity index (χ0) is 16.1. The van der Waals surface area contributed by atoms with E-state index in [1.807, 2.05) is 24.7 Å². The van der Waals surface area contributed by atoms with E-state index in [1.165, 1.54) is 5.69 Å². The van der Waals surface area contributed by atoms with Crippen LogP contribution in [0.4, 0.5) is 0 Å². The second kappa shape index (κ2) is 7.31. The molecule has 5 heteroatoms. The molecule has 1 aromatic carbocycles. The average Bonchev–Trinajstić information content (AvgIpc) is 3.00. The summed E-state index contributed by atoms with van der Waals surface area (Å²) in [5.41, 5.74) is 2.36. The molecule has 5 nitrogen and oxygen atoms in total. The summed E-state index contributed by atoms with van der Waals surface area (Å²) >= 11 is 0. The van der Waals surface area contributed by atoms with Gasteiger partial charge < -0.3 is 14.0 Å². The molecular formula is C17H25N3O2. The van der Waals surface area contributed by atoms with Gasteiger partial charge >= 0.3 is 0 Å². The first kappa shape index (κ1) is 16.4. The van der Waals surface area contributed by atoms with Crippen molar-refractivity contribution in [2.75, 3.05) is 21.3 Å². The Labute approximate surface area is 132 Å². The van der Waals surface area contributed by atoms with Gasteiger partial charge in [0.1, 0.15) is 11.5 Å². The Balaban J connectivity index is 2.18. The molecule has 0 fully saturated rings. The molecule has 120 valence electrons. The molecule has 0 aliphatic heterocycles. The molecule has 0 aliphatic rings. The lowest BCUT2D eigenvalue weighted by atomic mass is 10.1. The molecular weight excluding hydrogens is 278 g/mol. The smallest absolute Gasteiger partial charge is 0.127 e. The van der Waals surface area contributed by atoms with Crippen LogP contribution in [0.3, 0.4) is 0 Å². The fourth-order valence-electron chi connectivity index (χ4n) is 2.56. The van der Waals surface area contributed by atoms with Crippen LogP contribution in [-0.4, -0.2) is 35.7 Å². The number of hydrogen-bond acceptors (Lipinski definition) is 4. The van der Waals surface area contributed by atoms with Gasteiger partial charge in [0, 0.05) is 37.0 Å². The highest BCUT2D eigenvalue weighted by Crippen LogP contribution is 2.32. The number of nitrogens with zero attached hydrogens (tertiary/aromatic N) is 3. The van der Waals surface area contributed by atoms with Crippen LogP contribution in [0.1, 0.15) is 31.1 Å². The molecule has 22 heavy (non-hydrogen) atoms. The number of aromatic nitrogens is 2. The van der Waals surface area contributed by atoms with Crippen LogP contribution in [-0.2, 0) is 13.1 Å². The number of rotatable bonds is 7. The third-order valence-corrected chi connectivity index (χ3v) is 4.10. The Bertz CT molecular complexity index is 610. The lowest BCUT2D eigenvalue weighted by molar-refractivity contribution is 0.241. The van der Waals surface area contributed by atoms with Crippen molar-refractivity contribution in [1.29, 1.82) is 0 Å².